The highest BCUT2D eigenvalue weighted by Gasteiger charge is 2.11. The van der Waals surface area contributed by atoms with E-state index in [0.717, 1.165) is 23.4 Å². The van der Waals surface area contributed by atoms with Gasteiger partial charge in [0, 0.05) is 23.4 Å². The topological polar surface area (TPSA) is 47.3 Å². The van der Waals surface area contributed by atoms with Crippen LogP contribution in [0.5, 0.6) is 5.75 Å². The SMILES string of the molecule is COc1ccc(C(N)=S)c(NC(C)CC(C)C)c1. The predicted molar refractivity (Wildman–Crippen MR) is 81.4 cm³/mol. The van der Waals surface area contributed by atoms with E-state index in [1.165, 1.54) is 0 Å². The quantitative estimate of drug-likeness (QED) is 0.776. The van der Waals surface area contributed by atoms with E-state index in [9.17, 15) is 0 Å². The Morgan fingerprint density at radius 2 is 2.06 bits per heavy atom. The van der Waals surface area contributed by atoms with Crippen LogP contribution in [0.25, 0.3) is 0 Å². The first-order chi connectivity index (χ1) is 8.43. The van der Waals surface area contributed by atoms with Crippen molar-refractivity contribution in [2.75, 3.05) is 12.4 Å². The number of rotatable bonds is 6. The molecule has 0 aliphatic heterocycles. The van der Waals surface area contributed by atoms with Gasteiger partial charge in [0.15, 0.2) is 0 Å². The summed E-state index contributed by atoms with van der Waals surface area (Å²) < 4.78 is 5.23. The summed E-state index contributed by atoms with van der Waals surface area (Å²) in [5.41, 5.74) is 7.54. The molecule has 1 rings (SSSR count). The minimum atomic E-state index is 0.366. The lowest BCUT2D eigenvalue weighted by Gasteiger charge is -2.20. The van der Waals surface area contributed by atoms with Gasteiger partial charge in [0.25, 0.3) is 0 Å². The molecule has 0 radical (unpaired) electrons. The van der Waals surface area contributed by atoms with Crippen molar-refractivity contribution in [3.05, 3.63) is 23.8 Å². The molecule has 100 valence electrons. The number of hydrogen-bond acceptors (Lipinski definition) is 3. The maximum Gasteiger partial charge on any atom is 0.120 e. The normalized spacial score (nSPS) is 12.3. The van der Waals surface area contributed by atoms with Gasteiger partial charge in [-0.25, -0.2) is 0 Å². The molecule has 0 fully saturated rings. The molecule has 0 aliphatic carbocycles. The predicted octanol–water partition coefficient (Wildman–Crippen LogP) is 3.18. The van der Waals surface area contributed by atoms with Crippen molar-refractivity contribution in [2.24, 2.45) is 11.7 Å². The van der Waals surface area contributed by atoms with Crippen molar-refractivity contribution in [3.63, 3.8) is 0 Å². The van der Waals surface area contributed by atoms with E-state index < -0.39 is 0 Å². The standard InChI is InChI=1S/C14H22N2OS/c1-9(2)7-10(3)16-13-8-11(17-4)5-6-12(13)14(15)18/h5-6,8-10,16H,7H2,1-4H3,(H2,15,18). The Morgan fingerprint density at radius 3 is 2.56 bits per heavy atom. The molecule has 0 aromatic heterocycles. The molecule has 4 heteroatoms. The van der Waals surface area contributed by atoms with Crippen LogP contribution >= 0.6 is 12.2 Å². The zero-order chi connectivity index (χ0) is 13.7. The molecule has 0 heterocycles. The third-order valence-electron chi connectivity index (χ3n) is 2.72. The van der Waals surface area contributed by atoms with Crippen molar-refractivity contribution in [1.82, 2.24) is 0 Å². The van der Waals surface area contributed by atoms with E-state index in [4.69, 9.17) is 22.7 Å². The molecule has 1 atom stereocenters. The van der Waals surface area contributed by atoms with Gasteiger partial charge in [0.1, 0.15) is 10.7 Å². The van der Waals surface area contributed by atoms with Crippen molar-refractivity contribution in [3.8, 4) is 5.75 Å². The maximum atomic E-state index is 5.73. The molecule has 0 saturated carbocycles. The summed E-state index contributed by atoms with van der Waals surface area (Å²) in [4.78, 5) is 0.400. The van der Waals surface area contributed by atoms with Crippen LogP contribution in [0.2, 0.25) is 0 Å². The second-order valence-corrected chi connectivity index (χ2v) is 5.39. The highest BCUT2D eigenvalue weighted by molar-refractivity contribution is 7.80. The van der Waals surface area contributed by atoms with Crippen LogP contribution in [0.4, 0.5) is 5.69 Å². The van der Waals surface area contributed by atoms with Gasteiger partial charge in [0.05, 0.1) is 7.11 Å². The summed E-state index contributed by atoms with van der Waals surface area (Å²) in [5.74, 6) is 1.45. The first kappa shape index (κ1) is 14.8. The first-order valence-corrected chi connectivity index (χ1v) is 6.59. The summed E-state index contributed by atoms with van der Waals surface area (Å²) in [5, 5.41) is 3.45. The molecular formula is C14H22N2OS. The van der Waals surface area contributed by atoms with Crippen molar-refractivity contribution < 1.29 is 4.74 Å². The fraction of sp³-hybridized carbons (Fsp3) is 0.500. The van der Waals surface area contributed by atoms with Crippen LogP contribution in [-0.2, 0) is 0 Å². The molecule has 1 aromatic carbocycles. The number of nitrogens with one attached hydrogen (secondary N) is 1. The van der Waals surface area contributed by atoms with Crippen LogP contribution in [0.3, 0.4) is 0 Å². The van der Waals surface area contributed by atoms with Gasteiger partial charge in [0.2, 0.25) is 0 Å². The number of hydrogen-bond donors (Lipinski definition) is 2. The van der Waals surface area contributed by atoms with Crippen LogP contribution in [-0.4, -0.2) is 18.1 Å². The maximum absolute atomic E-state index is 5.73. The zero-order valence-electron chi connectivity index (χ0n) is 11.5. The summed E-state index contributed by atoms with van der Waals surface area (Å²) >= 11 is 5.07. The van der Waals surface area contributed by atoms with Gasteiger partial charge < -0.3 is 15.8 Å². The Hall–Kier alpha value is -1.29. The molecule has 0 spiro atoms. The number of benzene rings is 1. The second-order valence-electron chi connectivity index (χ2n) is 4.95. The summed E-state index contributed by atoms with van der Waals surface area (Å²) in [7, 11) is 1.65. The summed E-state index contributed by atoms with van der Waals surface area (Å²) in [6.07, 6.45) is 1.09. The Kier molecular flexibility index (Phi) is 5.41. The van der Waals surface area contributed by atoms with Gasteiger partial charge in [-0.15, -0.1) is 0 Å². The van der Waals surface area contributed by atoms with Crippen molar-refractivity contribution in [2.45, 2.75) is 33.2 Å². The molecule has 1 unspecified atom stereocenters. The molecular weight excluding hydrogens is 244 g/mol. The smallest absolute Gasteiger partial charge is 0.120 e. The minimum absolute atomic E-state index is 0.366. The van der Waals surface area contributed by atoms with E-state index in [0.29, 0.717) is 16.9 Å². The summed E-state index contributed by atoms with van der Waals surface area (Å²) in [6.45, 7) is 6.57. The number of thiocarbonyl (C=S) groups is 1. The fourth-order valence-corrected chi connectivity index (χ4v) is 2.19. The van der Waals surface area contributed by atoms with Gasteiger partial charge in [-0.2, -0.15) is 0 Å². The lowest BCUT2D eigenvalue weighted by Crippen LogP contribution is -2.21. The number of methoxy groups -OCH3 is 1. The molecule has 18 heavy (non-hydrogen) atoms. The van der Waals surface area contributed by atoms with Crippen LogP contribution in [0, 0.1) is 5.92 Å². The molecule has 0 aliphatic rings. The second kappa shape index (κ2) is 6.59. The molecule has 3 N–H and O–H groups in total. The average molecular weight is 266 g/mol. The van der Waals surface area contributed by atoms with Crippen LogP contribution < -0.4 is 15.8 Å². The lowest BCUT2D eigenvalue weighted by atomic mass is 10.0. The third-order valence-corrected chi connectivity index (χ3v) is 2.94. The summed E-state index contributed by atoms with van der Waals surface area (Å²) in [6, 6.07) is 6.06. The highest BCUT2D eigenvalue weighted by atomic mass is 32.1. The van der Waals surface area contributed by atoms with Crippen molar-refractivity contribution >= 4 is 22.9 Å². The Bertz CT molecular complexity index is 418. The van der Waals surface area contributed by atoms with Gasteiger partial charge in [-0.3, -0.25) is 0 Å². The molecule has 1 aromatic rings. The minimum Gasteiger partial charge on any atom is -0.497 e. The largest absolute Gasteiger partial charge is 0.497 e. The number of ether oxygens (including phenoxy) is 1. The van der Waals surface area contributed by atoms with Crippen LogP contribution in [0.1, 0.15) is 32.8 Å². The number of anilines is 1. The first-order valence-electron chi connectivity index (χ1n) is 6.18. The lowest BCUT2D eigenvalue weighted by molar-refractivity contribution is 0.415. The van der Waals surface area contributed by atoms with E-state index >= 15 is 0 Å². The molecule has 0 saturated heterocycles. The van der Waals surface area contributed by atoms with Crippen molar-refractivity contribution in [1.29, 1.82) is 0 Å². The van der Waals surface area contributed by atoms with E-state index in [1.807, 2.05) is 18.2 Å². The van der Waals surface area contributed by atoms with Crippen LogP contribution in [0.15, 0.2) is 18.2 Å². The Labute approximate surface area is 115 Å². The third kappa shape index (κ3) is 4.18. The fourth-order valence-electron chi connectivity index (χ4n) is 2.02. The van der Waals surface area contributed by atoms with E-state index in [2.05, 4.69) is 26.1 Å². The number of nitrogens with two attached hydrogens (primary N) is 1. The highest BCUT2D eigenvalue weighted by Crippen LogP contribution is 2.24. The Morgan fingerprint density at radius 1 is 1.39 bits per heavy atom. The molecule has 3 nitrogen and oxygen atoms in total. The average Bonchev–Trinajstić information content (AvgIpc) is 2.27. The molecule has 0 bridgehead atoms. The van der Waals surface area contributed by atoms with Gasteiger partial charge >= 0.3 is 0 Å². The molecule has 0 amide bonds. The van der Waals surface area contributed by atoms with Gasteiger partial charge in [-0.1, -0.05) is 26.1 Å². The van der Waals surface area contributed by atoms with E-state index in [-0.39, 0.29) is 0 Å². The monoisotopic (exact) mass is 266 g/mol. The van der Waals surface area contributed by atoms with E-state index in [1.54, 1.807) is 7.11 Å². The van der Waals surface area contributed by atoms with Gasteiger partial charge in [-0.05, 0) is 31.4 Å². The zero-order valence-corrected chi connectivity index (χ0v) is 12.3. The Balaban J connectivity index is 2.93.